The quantitative estimate of drug-likeness (QED) is 0.784. The molecule has 0 aliphatic rings. The van der Waals surface area contributed by atoms with Gasteiger partial charge in [0.1, 0.15) is 6.10 Å². The van der Waals surface area contributed by atoms with Crippen molar-refractivity contribution in [3.63, 3.8) is 0 Å². The molecule has 0 aliphatic carbocycles. The topological polar surface area (TPSA) is 75.6 Å². The molecule has 120 valence electrons. The van der Waals surface area contributed by atoms with E-state index in [0.717, 1.165) is 4.47 Å². The van der Waals surface area contributed by atoms with Gasteiger partial charge in [-0.15, -0.1) is 0 Å². The molecule has 0 heterocycles. The third kappa shape index (κ3) is 4.40. The summed E-state index contributed by atoms with van der Waals surface area (Å²) in [6.45, 7) is 0. The van der Waals surface area contributed by atoms with Gasteiger partial charge in [0.05, 0.1) is 7.11 Å². The van der Waals surface area contributed by atoms with E-state index >= 15 is 0 Å². The van der Waals surface area contributed by atoms with Gasteiger partial charge in [-0.1, -0.05) is 46.3 Å². The fourth-order valence-electron chi connectivity index (χ4n) is 2.09. The predicted octanol–water partition coefficient (Wildman–Crippen LogP) is 2.45. The van der Waals surface area contributed by atoms with E-state index in [4.69, 9.17) is 4.74 Å². The Bertz CT molecular complexity index is 690. The summed E-state index contributed by atoms with van der Waals surface area (Å²) in [4.78, 5) is 24.2. The van der Waals surface area contributed by atoms with Crippen LogP contribution in [0.15, 0.2) is 59.1 Å². The number of amides is 1. The van der Waals surface area contributed by atoms with Crippen molar-refractivity contribution < 1.29 is 19.4 Å². The molecule has 0 aromatic heterocycles. The Morgan fingerprint density at radius 2 is 1.83 bits per heavy atom. The zero-order valence-corrected chi connectivity index (χ0v) is 14.0. The summed E-state index contributed by atoms with van der Waals surface area (Å²) in [6.07, 6.45) is -1.23. The molecule has 0 fully saturated rings. The first-order valence-corrected chi connectivity index (χ1v) is 7.69. The number of hydrogen-bond acceptors (Lipinski definition) is 4. The molecule has 0 unspecified atom stereocenters. The first-order valence-electron chi connectivity index (χ1n) is 6.90. The molecule has 5 nitrogen and oxygen atoms in total. The van der Waals surface area contributed by atoms with Crippen LogP contribution in [0.1, 0.15) is 22.0 Å². The molecule has 23 heavy (non-hydrogen) atoms. The third-order valence-electron chi connectivity index (χ3n) is 3.28. The molecule has 2 aromatic rings. The van der Waals surface area contributed by atoms with Gasteiger partial charge in [0.25, 0.3) is 5.91 Å². The monoisotopic (exact) mass is 377 g/mol. The smallest absolute Gasteiger partial charge is 0.331 e. The van der Waals surface area contributed by atoms with E-state index in [2.05, 4.69) is 21.2 Å². The Kier molecular flexibility index (Phi) is 5.90. The van der Waals surface area contributed by atoms with Gasteiger partial charge in [0, 0.05) is 10.0 Å². The Hall–Kier alpha value is -2.18. The Morgan fingerprint density at radius 1 is 1.13 bits per heavy atom. The van der Waals surface area contributed by atoms with Gasteiger partial charge in [-0.25, -0.2) is 4.79 Å². The molecular weight excluding hydrogens is 362 g/mol. The summed E-state index contributed by atoms with van der Waals surface area (Å²) in [5.41, 5.74) is 0.881. The van der Waals surface area contributed by atoms with Gasteiger partial charge < -0.3 is 15.2 Å². The zero-order valence-electron chi connectivity index (χ0n) is 12.4. The standard InChI is InChI=1S/C17H16BrNO4/c1-23-17(22)14(15(20)12-8-5-9-13(18)10-12)19-16(21)11-6-3-2-4-7-11/h2-10,14-15,20H,1H3,(H,19,21)/t14-,15-/m1/s1. The van der Waals surface area contributed by atoms with Crippen molar-refractivity contribution in [1.29, 1.82) is 0 Å². The molecular formula is C17H16BrNO4. The van der Waals surface area contributed by atoms with E-state index in [9.17, 15) is 14.7 Å². The molecule has 0 radical (unpaired) electrons. The highest BCUT2D eigenvalue weighted by atomic mass is 79.9. The van der Waals surface area contributed by atoms with Crippen LogP contribution in [0.3, 0.4) is 0 Å². The molecule has 2 N–H and O–H groups in total. The van der Waals surface area contributed by atoms with Crippen LogP contribution in [-0.2, 0) is 9.53 Å². The zero-order chi connectivity index (χ0) is 16.8. The number of carbonyl (C=O) groups excluding carboxylic acids is 2. The number of hydrogen-bond donors (Lipinski definition) is 2. The molecule has 0 bridgehead atoms. The average Bonchev–Trinajstić information content (AvgIpc) is 2.59. The number of aliphatic hydroxyl groups excluding tert-OH is 1. The number of esters is 1. The molecule has 1 amide bonds. The minimum absolute atomic E-state index is 0.392. The van der Waals surface area contributed by atoms with E-state index in [1.807, 2.05) is 0 Å². The Balaban J connectivity index is 2.23. The highest BCUT2D eigenvalue weighted by Crippen LogP contribution is 2.22. The van der Waals surface area contributed by atoms with Crippen molar-refractivity contribution in [2.75, 3.05) is 7.11 Å². The maximum atomic E-state index is 12.2. The summed E-state index contributed by atoms with van der Waals surface area (Å²) in [5.74, 6) is -1.18. The van der Waals surface area contributed by atoms with E-state index in [0.29, 0.717) is 11.1 Å². The van der Waals surface area contributed by atoms with Gasteiger partial charge in [0.15, 0.2) is 6.04 Å². The van der Waals surface area contributed by atoms with Crippen molar-refractivity contribution in [3.05, 3.63) is 70.2 Å². The molecule has 6 heteroatoms. The highest BCUT2D eigenvalue weighted by Gasteiger charge is 2.31. The van der Waals surface area contributed by atoms with Crippen LogP contribution < -0.4 is 5.32 Å². The number of halogens is 1. The van der Waals surface area contributed by atoms with Gasteiger partial charge in [0.2, 0.25) is 0 Å². The van der Waals surface area contributed by atoms with Crippen molar-refractivity contribution in [3.8, 4) is 0 Å². The summed E-state index contributed by atoms with van der Waals surface area (Å²) in [5, 5.41) is 13.0. The normalized spacial score (nSPS) is 13.0. The maximum Gasteiger partial charge on any atom is 0.331 e. The number of benzene rings is 2. The lowest BCUT2D eigenvalue weighted by molar-refractivity contribution is -0.146. The molecule has 2 aromatic carbocycles. The van der Waals surface area contributed by atoms with E-state index in [-0.39, 0.29) is 0 Å². The van der Waals surface area contributed by atoms with E-state index in [1.54, 1.807) is 54.6 Å². The number of methoxy groups -OCH3 is 1. The average molecular weight is 378 g/mol. The first kappa shape index (κ1) is 17.2. The lowest BCUT2D eigenvalue weighted by atomic mass is 10.0. The van der Waals surface area contributed by atoms with Crippen LogP contribution in [0.5, 0.6) is 0 Å². The lowest BCUT2D eigenvalue weighted by Gasteiger charge is -2.22. The van der Waals surface area contributed by atoms with Crippen molar-refractivity contribution >= 4 is 27.8 Å². The third-order valence-corrected chi connectivity index (χ3v) is 3.78. The van der Waals surface area contributed by atoms with Crippen molar-refractivity contribution in [2.45, 2.75) is 12.1 Å². The van der Waals surface area contributed by atoms with Crippen molar-refractivity contribution in [1.82, 2.24) is 5.32 Å². The van der Waals surface area contributed by atoms with Gasteiger partial charge >= 0.3 is 5.97 Å². The maximum absolute atomic E-state index is 12.2. The van der Waals surface area contributed by atoms with Crippen molar-refractivity contribution in [2.24, 2.45) is 0 Å². The largest absolute Gasteiger partial charge is 0.467 e. The van der Waals surface area contributed by atoms with Crippen LogP contribution >= 0.6 is 15.9 Å². The minimum Gasteiger partial charge on any atom is -0.467 e. The van der Waals surface area contributed by atoms with Crippen LogP contribution in [-0.4, -0.2) is 30.1 Å². The molecule has 2 rings (SSSR count). The van der Waals surface area contributed by atoms with E-state index < -0.39 is 24.0 Å². The van der Waals surface area contributed by atoms with Crippen LogP contribution in [0.25, 0.3) is 0 Å². The van der Waals surface area contributed by atoms with Gasteiger partial charge in [-0.2, -0.15) is 0 Å². The fraction of sp³-hybridized carbons (Fsp3) is 0.176. The number of ether oxygens (including phenoxy) is 1. The molecule has 2 atom stereocenters. The van der Waals surface area contributed by atoms with Crippen LogP contribution in [0, 0.1) is 0 Å². The second kappa shape index (κ2) is 7.89. The molecule has 0 saturated heterocycles. The van der Waals surface area contributed by atoms with Gasteiger partial charge in [-0.05, 0) is 29.8 Å². The second-order valence-corrected chi connectivity index (χ2v) is 5.76. The minimum atomic E-state index is -1.23. The fourth-order valence-corrected chi connectivity index (χ4v) is 2.51. The van der Waals surface area contributed by atoms with Crippen LogP contribution in [0.4, 0.5) is 0 Å². The lowest BCUT2D eigenvalue weighted by Crippen LogP contribution is -2.45. The number of rotatable bonds is 5. The first-order chi connectivity index (χ1) is 11.0. The number of aliphatic hydroxyl groups is 1. The molecule has 0 saturated carbocycles. The van der Waals surface area contributed by atoms with E-state index in [1.165, 1.54) is 7.11 Å². The SMILES string of the molecule is COC(=O)[C@H](NC(=O)c1ccccc1)[C@H](O)c1cccc(Br)c1. The highest BCUT2D eigenvalue weighted by molar-refractivity contribution is 9.10. The number of nitrogens with one attached hydrogen (secondary N) is 1. The summed E-state index contributed by atoms with van der Waals surface area (Å²) >= 11 is 3.31. The summed E-state index contributed by atoms with van der Waals surface area (Å²) in [6, 6.07) is 14.1. The molecule has 0 aliphatic heterocycles. The molecule has 0 spiro atoms. The summed E-state index contributed by atoms with van der Waals surface area (Å²) in [7, 11) is 1.21. The Labute approximate surface area is 142 Å². The number of carbonyl (C=O) groups is 2. The second-order valence-electron chi connectivity index (χ2n) is 4.84. The van der Waals surface area contributed by atoms with Gasteiger partial charge in [-0.3, -0.25) is 4.79 Å². The Morgan fingerprint density at radius 3 is 2.43 bits per heavy atom. The van der Waals surface area contributed by atoms with Crippen LogP contribution in [0.2, 0.25) is 0 Å². The summed E-state index contributed by atoms with van der Waals surface area (Å²) < 4.78 is 5.45. The predicted molar refractivity (Wildman–Crippen MR) is 88.8 cm³/mol.